The molecule has 0 radical (unpaired) electrons. The molecule has 1 atom stereocenters. The van der Waals surface area contributed by atoms with Gasteiger partial charge in [0, 0.05) is 13.1 Å². The minimum Gasteiger partial charge on any atom is -0.481 e. The van der Waals surface area contributed by atoms with Crippen molar-refractivity contribution in [3.8, 4) is 0 Å². The molecule has 0 bridgehead atoms. The van der Waals surface area contributed by atoms with Gasteiger partial charge in [0.15, 0.2) is 0 Å². The van der Waals surface area contributed by atoms with Gasteiger partial charge in [-0.3, -0.25) is 9.59 Å². The maximum Gasteiger partial charge on any atom is 0.308 e. The van der Waals surface area contributed by atoms with E-state index >= 15 is 0 Å². The van der Waals surface area contributed by atoms with Crippen molar-refractivity contribution in [2.45, 2.75) is 26.7 Å². The van der Waals surface area contributed by atoms with Crippen molar-refractivity contribution in [3.05, 3.63) is 23.0 Å². The molecule has 6 heteroatoms. The van der Waals surface area contributed by atoms with Gasteiger partial charge in [-0.15, -0.1) is 0 Å². The summed E-state index contributed by atoms with van der Waals surface area (Å²) in [6.07, 6.45) is 1.35. The van der Waals surface area contributed by atoms with Gasteiger partial charge in [0.2, 0.25) is 0 Å². The van der Waals surface area contributed by atoms with Crippen molar-refractivity contribution in [1.82, 2.24) is 15.1 Å². The molecule has 102 valence electrons. The van der Waals surface area contributed by atoms with Crippen LogP contribution in [0.15, 0.2) is 6.07 Å². The molecule has 1 aliphatic rings. The Hall–Kier alpha value is -1.98. The molecular formula is C13H17N3O3. The first-order valence-electron chi connectivity index (χ1n) is 6.32. The van der Waals surface area contributed by atoms with Crippen molar-refractivity contribution in [1.29, 1.82) is 0 Å². The molecule has 1 N–H and O–H groups in total. The summed E-state index contributed by atoms with van der Waals surface area (Å²) in [5, 5.41) is 16.9. The first-order valence-corrected chi connectivity index (χ1v) is 6.32. The van der Waals surface area contributed by atoms with Crippen LogP contribution in [0.3, 0.4) is 0 Å². The zero-order valence-corrected chi connectivity index (χ0v) is 11.1. The summed E-state index contributed by atoms with van der Waals surface area (Å²) < 4.78 is 0. The van der Waals surface area contributed by atoms with Crippen molar-refractivity contribution >= 4 is 11.9 Å². The number of aliphatic carboxylic acids is 1. The lowest BCUT2D eigenvalue weighted by atomic mass is 9.97. The number of carboxylic acids is 1. The maximum absolute atomic E-state index is 12.4. The molecule has 1 aromatic heterocycles. The average molecular weight is 263 g/mol. The highest BCUT2D eigenvalue weighted by atomic mass is 16.4. The van der Waals surface area contributed by atoms with Crippen LogP contribution in [0.5, 0.6) is 0 Å². The average Bonchev–Trinajstić information content (AvgIpc) is 2.41. The van der Waals surface area contributed by atoms with E-state index in [1.807, 2.05) is 0 Å². The molecule has 19 heavy (non-hydrogen) atoms. The number of aryl methyl sites for hydroxylation is 2. The Kier molecular flexibility index (Phi) is 3.78. The Morgan fingerprint density at radius 2 is 2.11 bits per heavy atom. The summed E-state index contributed by atoms with van der Waals surface area (Å²) in [4.78, 5) is 25.0. The molecule has 1 fully saturated rings. The second kappa shape index (κ2) is 5.34. The highest BCUT2D eigenvalue weighted by molar-refractivity contribution is 5.95. The second-order valence-corrected chi connectivity index (χ2v) is 4.91. The van der Waals surface area contributed by atoms with Gasteiger partial charge in [-0.05, 0) is 32.8 Å². The molecule has 1 aliphatic heterocycles. The fourth-order valence-electron chi connectivity index (χ4n) is 2.30. The SMILES string of the molecule is Cc1cc(C(=O)N2CCC[C@@H](C(=O)O)C2)c(C)nn1. The molecular weight excluding hydrogens is 246 g/mol. The first kappa shape index (κ1) is 13.5. The van der Waals surface area contributed by atoms with Crippen LogP contribution in [0.2, 0.25) is 0 Å². The standard InChI is InChI=1S/C13H17N3O3/c1-8-6-11(9(2)15-14-8)12(17)16-5-3-4-10(7-16)13(18)19/h6,10H,3-5,7H2,1-2H3,(H,18,19)/t10-/m1/s1. The molecule has 1 amide bonds. The van der Waals surface area contributed by atoms with Crippen molar-refractivity contribution < 1.29 is 14.7 Å². The normalized spacial score (nSPS) is 19.3. The summed E-state index contributed by atoms with van der Waals surface area (Å²) in [6, 6.07) is 1.70. The highest BCUT2D eigenvalue weighted by Crippen LogP contribution is 2.19. The molecule has 0 unspecified atom stereocenters. The molecule has 0 aliphatic carbocycles. The zero-order chi connectivity index (χ0) is 14.0. The van der Waals surface area contributed by atoms with Gasteiger partial charge in [-0.1, -0.05) is 0 Å². The van der Waals surface area contributed by atoms with Crippen LogP contribution in [0.1, 0.15) is 34.6 Å². The lowest BCUT2D eigenvalue weighted by Crippen LogP contribution is -2.42. The third-order valence-corrected chi connectivity index (χ3v) is 3.39. The van der Waals surface area contributed by atoms with E-state index in [0.717, 1.165) is 6.42 Å². The summed E-state index contributed by atoms with van der Waals surface area (Å²) in [6.45, 7) is 4.39. The number of likely N-dealkylation sites (tertiary alicyclic amines) is 1. The number of aromatic nitrogens is 2. The molecule has 0 saturated carbocycles. The van der Waals surface area contributed by atoms with Crippen LogP contribution in [-0.2, 0) is 4.79 Å². The van der Waals surface area contributed by atoms with Crippen molar-refractivity contribution in [3.63, 3.8) is 0 Å². The maximum atomic E-state index is 12.4. The summed E-state index contributed by atoms with van der Waals surface area (Å²) in [5.41, 5.74) is 1.77. The second-order valence-electron chi connectivity index (χ2n) is 4.91. The van der Waals surface area contributed by atoms with Crippen molar-refractivity contribution in [2.75, 3.05) is 13.1 Å². The molecule has 2 heterocycles. The minimum absolute atomic E-state index is 0.151. The predicted molar refractivity (Wildman–Crippen MR) is 67.8 cm³/mol. The largest absolute Gasteiger partial charge is 0.481 e. The summed E-state index contributed by atoms with van der Waals surface area (Å²) in [5.74, 6) is -1.45. The van der Waals surface area contributed by atoms with Crippen LogP contribution < -0.4 is 0 Å². The van der Waals surface area contributed by atoms with Crippen LogP contribution in [-0.4, -0.2) is 45.2 Å². The van der Waals surface area contributed by atoms with E-state index in [2.05, 4.69) is 10.2 Å². The number of piperidine rings is 1. The van der Waals surface area contributed by atoms with E-state index in [-0.39, 0.29) is 12.5 Å². The molecule has 0 aromatic carbocycles. The molecule has 2 rings (SSSR count). The van der Waals surface area contributed by atoms with Gasteiger partial charge in [-0.2, -0.15) is 10.2 Å². The minimum atomic E-state index is -0.835. The monoisotopic (exact) mass is 263 g/mol. The lowest BCUT2D eigenvalue weighted by Gasteiger charge is -2.31. The number of carboxylic acid groups (broad SMARTS) is 1. The van der Waals surface area contributed by atoms with E-state index < -0.39 is 11.9 Å². The Balaban J connectivity index is 2.19. The van der Waals surface area contributed by atoms with Gasteiger partial charge in [-0.25, -0.2) is 0 Å². The Morgan fingerprint density at radius 3 is 2.79 bits per heavy atom. The van der Waals surface area contributed by atoms with Crippen LogP contribution in [0.4, 0.5) is 0 Å². The van der Waals surface area contributed by atoms with Gasteiger partial charge >= 0.3 is 5.97 Å². The van der Waals surface area contributed by atoms with Gasteiger partial charge < -0.3 is 10.0 Å². The van der Waals surface area contributed by atoms with E-state index in [1.165, 1.54) is 0 Å². The third kappa shape index (κ3) is 2.89. The number of carbonyl (C=O) groups is 2. The van der Waals surface area contributed by atoms with E-state index in [1.54, 1.807) is 24.8 Å². The number of amides is 1. The smallest absolute Gasteiger partial charge is 0.308 e. The molecule has 1 saturated heterocycles. The molecule has 6 nitrogen and oxygen atoms in total. The van der Waals surface area contributed by atoms with E-state index in [9.17, 15) is 9.59 Å². The zero-order valence-electron chi connectivity index (χ0n) is 11.1. The Bertz CT molecular complexity index is 516. The van der Waals surface area contributed by atoms with E-state index in [4.69, 9.17) is 5.11 Å². The van der Waals surface area contributed by atoms with E-state index in [0.29, 0.717) is 29.9 Å². The van der Waals surface area contributed by atoms with Crippen molar-refractivity contribution in [2.24, 2.45) is 5.92 Å². The highest BCUT2D eigenvalue weighted by Gasteiger charge is 2.29. The number of nitrogens with zero attached hydrogens (tertiary/aromatic N) is 3. The topological polar surface area (TPSA) is 83.4 Å². The quantitative estimate of drug-likeness (QED) is 0.861. The number of hydrogen-bond acceptors (Lipinski definition) is 4. The lowest BCUT2D eigenvalue weighted by molar-refractivity contribution is -0.143. The molecule has 0 spiro atoms. The van der Waals surface area contributed by atoms with Gasteiger partial charge in [0.05, 0.1) is 22.9 Å². The van der Waals surface area contributed by atoms with Crippen LogP contribution in [0, 0.1) is 19.8 Å². The van der Waals surface area contributed by atoms with Crippen LogP contribution in [0.25, 0.3) is 0 Å². The summed E-state index contributed by atoms with van der Waals surface area (Å²) in [7, 11) is 0. The number of rotatable bonds is 2. The fourth-order valence-corrected chi connectivity index (χ4v) is 2.30. The van der Waals surface area contributed by atoms with Crippen LogP contribution >= 0.6 is 0 Å². The summed E-state index contributed by atoms with van der Waals surface area (Å²) >= 11 is 0. The first-order chi connectivity index (χ1) is 8.99. The fraction of sp³-hybridized carbons (Fsp3) is 0.538. The Labute approximate surface area is 111 Å². The van der Waals surface area contributed by atoms with Gasteiger partial charge in [0.25, 0.3) is 5.91 Å². The number of carbonyl (C=O) groups excluding carboxylic acids is 1. The molecule has 1 aromatic rings. The third-order valence-electron chi connectivity index (χ3n) is 3.39. The van der Waals surface area contributed by atoms with Gasteiger partial charge in [0.1, 0.15) is 0 Å². The Morgan fingerprint density at radius 1 is 1.37 bits per heavy atom. The predicted octanol–water partition coefficient (Wildman–Crippen LogP) is 1.03. The number of hydrogen-bond donors (Lipinski definition) is 1.